The Morgan fingerprint density at radius 3 is 2.14 bits per heavy atom. The number of aromatic nitrogens is 1. The van der Waals surface area contributed by atoms with Crippen LogP contribution in [-0.4, -0.2) is 36.4 Å². The SMILES string of the molecule is CC1(C)OB(C2CNCC2c2ccncc2)OC1(C)C.Cl.Cl. The van der Waals surface area contributed by atoms with E-state index in [0.29, 0.717) is 11.7 Å². The summed E-state index contributed by atoms with van der Waals surface area (Å²) >= 11 is 0. The van der Waals surface area contributed by atoms with Crippen LogP contribution in [0, 0.1) is 0 Å². The molecule has 0 amide bonds. The van der Waals surface area contributed by atoms with Gasteiger partial charge in [0.25, 0.3) is 0 Å². The third kappa shape index (κ3) is 3.44. The van der Waals surface area contributed by atoms with Gasteiger partial charge in [0.2, 0.25) is 0 Å². The van der Waals surface area contributed by atoms with E-state index >= 15 is 0 Å². The summed E-state index contributed by atoms with van der Waals surface area (Å²) in [5.74, 6) is 0.770. The molecule has 2 atom stereocenters. The maximum Gasteiger partial charge on any atom is 0.463 e. The summed E-state index contributed by atoms with van der Waals surface area (Å²) in [6.45, 7) is 10.3. The molecule has 3 rings (SSSR count). The van der Waals surface area contributed by atoms with E-state index in [4.69, 9.17) is 9.31 Å². The standard InChI is InChI=1S/C15H23BN2O2.2ClH/c1-14(2)15(3,4)20-16(19-14)13-10-18-9-12(13)11-5-7-17-8-6-11;;/h5-8,12-13,18H,9-10H2,1-4H3;2*1H. The monoisotopic (exact) mass is 346 g/mol. The highest BCUT2D eigenvalue weighted by molar-refractivity contribution is 6.48. The second-order valence-corrected chi connectivity index (χ2v) is 6.83. The average molecular weight is 347 g/mol. The molecule has 0 radical (unpaired) electrons. The van der Waals surface area contributed by atoms with Crippen LogP contribution in [0.25, 0.3) is 0 Å². The lowest BCUT2D eigenvalue weighted by Gasteiger charge is -2.32. The van der Waals surface area contributed by atoms with E-state index in [1.165, 1.54) is 5.56 Å². The number of halogens is 2. The van der Waals surface area contributed by atoms with Crippen LogP contribution >= 0.6 is 24.8 Å². The van der Waals surface area contributed by atoms with Crippen LogP contribution < -0.4 is 5.32 Å². The molecule has 0 aliphatic carbocycles. The van der Waals surface area contributed by atoms with Gasteiger partial charge in [-0.25, -0.2) is 0 Å². The van der Waals surface area contributed by atoms with Crippen LogP contribution in [0.3, 0.4) is 0 Å². The Hall–Kier alpha value is -0.325. The van der Waals surface area contributed by atoms with Gasteiger partial charge in [0.1, 0.15) is 0 Å². The smallest absolute Gasteiger partial charge is 0.403 e. The van der Waals surface area contributed by atoms with Crippen molar-refractivity contribution in [1.29, 1.82) is 0 Å². The maximum atomic E-state index is 6.22. The fourth-order valence-electron chi connectivity index (χ4n) is 3.02. The maximum absolute atomic E-state index is 6.22. The largest absolute Gasteiger partial charge is 0.463 e. The minimum atomic E-state index is -0.261. The van der Waals surface area contributed by atoms with E-state index in [-0.39, 0.29) is 43.1 Å². The van der Waals surface area contributed by atoms with Gasteiger partial charge in [0, 0.05) is 24.8 Å². The molecule has 1 aromatic rings. The van der Waals surface area contributed by atoms with E-state index in [1.807, 2.05) is 12.4 Å². The van der Waals surface area contributed by atoms with E-state index in [0.717, 1.165) is 13.1 Å². The number of nitrogens with one attached hydrogen (secondary N) is 1. The van der Waals surface area contributed by atoms with Gasteiger partial charge in [-0.1, -0.05) is 0 Å². The first-order chi connectivity index (χ1) is 9.41. The summed E-state index contributed by atoms with van der Waals surface area (Å²) in [6.07, 6.45) is 3.71. The van der Waals surface area contributed by atoms with Crippen molar-refractivity contribution in [2.45, 2.75) is 50.6 Å². The summed E-state index contributed by atoms with van der Waals surface area (Å²) < 4.78 is 12.4. The second kappa shape index (κ2) is 7.06. The predicted molar refractivity (Wildman–Crippen MR) is 94.2 cm³/mol. The van der Waals surface area contributed by atoms with E-state index in [9.17, 15) is 0 Å². The van der Waals surface area contributed by atoms with Crippen LogP contribution in [-0.2, 0) is 9.31 Å². The molecule has 0 bridgehead atoms. The third-order valence-electron chi connectivity index (χ3n) is 5.02. The lowest BCUT2D eigenvalue weighted by Crippen LogP contribution is -2.41. The van der Waals surface area contributed by atoms with Gasteiger partial charge in [-0.15, -0.1) is 24.8 Å². The molecule has 22 heavy (non-hydrogen) atoms. The molecule has 1 aromatic heterocycles. The number of nitrogens with zero attached hydrogens (tertiary/aromatic N) is 1. The first-order valence-electron chi connectivity index (χ1n) is 7.37. The zero-order chi connectivity index (χ0) is 14.4. The molecule has 0 saturated carbocycles. The summed E-state index contributed by atoms with van der Waals surface area (Å²) in [4.78, 5) is 4.10. The zero-order valence-corrected chi connectivity index (χ0v) is 15.2. The Morgan fingerprint density at radius 1 is 1.05 bits per heavy atom. The number of hydrogen-bond donors (Lipinski definition) is 1. The van der Waals surface area contributed by atoms with Gasteiger partial charge in [0.05, 0.1) is 11.2 Å². The van der Waals surface area contributed by atoms with Crippen LogP contribution in [0.5, 0.6) is 0 Å². The first-order valence-corrected chi connectivity index (χ1v) is 7.37. The van der Waals surface area contributed by atoms with Gasteiger partial charge in [-0.05, 0) is 57.9 Å². The number of hydrogen-bond acceptors (Lipinski definition) is 4. The fraction of sp³-hybridized carbons (Fsp3) is 0.667. The zero-order valence-electron chi connectivity index (χ0n) is 13.5. The molecule has 2 fully saturated rings. The van der Waals surface area contributed by atoms with Crippen molar-refractivity contribution < 1.29 is 9.31 Å². The van der Waals surface area contributed by atoms with Crippen LogP contribution in [0.1, 0.15) is 39.2 Å². The molecule has 0 spiro atoms. The van der Waals surface area contributed by atoms with Gasteiger partial charge < -0.3 is 14.6 Å². The van der Waals surface area contributed by atoms with Gasteiger partial charge in [0.15, 0.2) is 0 Å². The topological polar surface area (TPSA) is 43.4 Å². The Bertz CT molecular complexity index is 472. The minimum Gasteiger partial charge on any atom is -0.403 e. The Balaban J connectivity index is 0.00000121. The molecule has 3 heterocycles. The van der Waals surface area contributed by atoms with E-state index < -0.39 is 0 Å². The Morgan fingerprint density at radius 2 is 1.59 bits per heavy atom. The molecule has 2 saturated heterocycles. The van der Waals surface area contributed by atoms with Crippen molar-refractivity contribution in [3.63, 3.8) is 0 Å². The molecule has 7 heteroatoms. The fourth-order valence-corrected chi connectivity index (χ4v) is 3.02. The molecule has 124 valence electrons. The highest BCUT2D eigenvalue weighted by Crippen LogP contribution is 2.44. The van der Waals surface area contributed by atoms with Gasteiger partial charge in [-0.2, -0.15) is 0 Å². The average Bonchev–Trinajstić information content (AvgIpc) is 2.94. The van der Waals surface area contributed by atoms with Crippen molar-refractivity contribution in [1.82, 2.24) is 10.3 Å². The molecule has 2 aliphatic rings. The Labute approximate surface area is 145 Å². The molecule has 2 aliphatic heterocycles. The normalized spacial score (nSPS) is 28.8. The lowest BCUT2D eigenvalue weighted by molar-refractivity contribution is 0.00578. The van der Waals surface area contributed by atoms with E-state index in [1.54, 1.807) is 0 Å². The summed E-state index contributed by atoms with van der Waals surface area (Å²) in [5.41, 5.74) is 0.788. The quantitative estimate of drug-likeness (QED) is 0.836. The van der Waals surface area contributed by atoms with Crippen LogP contribution in [0.4, 0.5) is 0 Å². The summed E-state index contributed by atoms with van der Waals surface area (Å²) in [6, 6.07) is 4.19. The molecular weight excluding hydrogens is 322 g/mol. The molecule has 1 N–H and O–H groups in total. The van der Waals surface area contributed by atoms with Crippen molar-refractivity contribution in [3.8, 4) is 0 Å². The van der Waals surface area contributed by atoms with Gasteiger partial charge >= 0.3 is 7.12 Å². The highest BCUT2D eigenvalue weighted by atomic mass is 35.5. The first kappa shape index (κ1) is 19.7. The minimum absolute atomic E-state index is 0. The number of rotatable bonds is 2. The molecular formula is C15H25BCl2N2O2. The van der Waals surface area contributed by atoms with Crippen molar-refractivity contribution >= 4 is 31.9 Å². The van der Waals surface area contributed by atoms with Crippen molar-refractivity contribution in [2.75, 3.05) is 13.1 Å². The van der Waals surface area contributed by atoms with Crippen molar-refractivity contribution in [3.05, 3.63) is 30.1 Å². The predicted octanol–water partition coefficient (Wildman–Crippen LogP) is 3.07. The molecule has 2 unspecified atom stereocenters. The number of pyridine rings is 1. The molecule has 0 aromatic carbocycles. The molecule has 4 nitrogen and oxygen atoms in total. The van der Waals surface area contributed by atoms with E-state index in [2.05, 4.69) is 50.1 Å². The highest BCUT2D eigenvalue weighted by Gasteiger charge is 2.55. The summed E-state index contributed by atoms with van der Waals surface area (Å²) in [5, 5.41) is 3.47. The Kier molecular flexibility index (Phi) is 6.33. The summed E-state index contributed by atoms with van der Waals surface area (Å²) in [7, 11) is -0.145. The van der Waals surface area contributed by atoms with Gasteiger partial charge in [-0.3, -0.25) is 4.98 Å². The third-order valence-corrected chi connectivity index (χ3v) is 5.02. The van der Waals surface area contributed by atoms with Crippen LogP contribution in [0.2, 0.25) is 5.82 Å². The lowest BCUT2D eigenvalue weighted by atomic mass is 9.65. The van der Waals surface area contributed by atoms with Crippen molar-refractivity contribution in [2.24, 2.45) is 0 Å². The van der Waals surface area contributed by atoms with Crippen LogP contribution in [0.15, 0.2) is 24.5 Å². The second-order valence-electron chi connectivity index (χ2n) is 6.83.